The van der Waals surface area contributed by atoms with E-state index < -0.39 is 23.4 Å². The zero-order valence-electron chi connectivity index (χ0n) is 17.2. The number of halogens is 1. The molecular formula is C21H23BrN4O6. The van der Waals surface area contributed by atoms with Gasteiger partial charge in [-0.15, -0.1) is 0 Å². The van der Waals surface area contributed by atoms with Gasteiger partial charge >= 0.3 is 5.69 Å². The van der Waals surface area contributed by atoms with Gasteiger partial charge in [0.2, 0.25) is 5.91 Å². The number of aromatic amines is 1. The lowest BCUT2D eigenvalue weighted by atomic mass is 10.2. The molecule has 2 aliphatic rings. The minimum Gasteiger partial charge on any atom is -0.492 e. The van der Waals surface area contributed by atoms with E-state index in [1.807, 2.05) is 0 Å². The van der Waals surface area contributed by atoms with Crippen LogP contribution in [-0.4, -0.2) is 75.2 Å². The summed E-state index contributed by atoms with van der Waals surface area (Å²) < 4.78 is 7.07. The molecule has 0 saturated carbocycles. The summed E-state index contributed by atoms with van der Waals surface area (Å²) in [5.41, 5.74) is -0.774. The fourth-order valence-electron chi connectivity index (χ4n) is 4.01. The van der Waals surface area contributed by atoms with Crippen molar-refractivity contribution in [2.45, 2.75) is 25.0 Å². The Balaban J connectivity index is 1.37. The molecule has 1 aromatic carbocycles. The molecule has 170 valence electrons. The normalized spacial score (nSPS) is 20.8. The fraction of sp³-hybridized carbons (Fsp3) is 0.429. The van der Waals surface area contributed by atoms with Crippen LogP contribution in [0.5, 0.6) is 5.75 Å². The molecule has 0 spiro atoms. The second kappa shape index (κ2) is 9.29. The summed E-state index contributed by atoms with van der Waals surface area (Å²) in [4.78, 5) is 53.6. The van der Waals surface area contributed by atoms with Crippen LogP contribution < -0.4 is 16.0 Å². The molecule has 2 amide bonds. The predicted octanol–water partition coefficient (Wildman–Crippen LogP) is 0.358. The first-order valence-electron chi connectivity index (χ1n) is 10.3. The molecule has 0 bridgehead atoms. The molecule has 4 rings (SSSR count). The topological polar surface area (TPSA) is 125 Å². The number of benzene rings is 1. The molecule has 32 heavy (non-hydrogen) atoms. The standard InChI is InChI=1S/C21H23BrN4O6/c22-15-10-26(21(31)23-19(15)29)16-11-25(12-17(16)27)20(30)13-3-5-14(6-4-13)32-9-8-24-7-1-2-18(24)28/h3-6,10,16-17,27H,1-2,7-9,11-12H2,(H,23,29,31)/t16-,17-/m0/s1. The number of carbonyl (C=O) groups excluding carboxylic acids is 2. The molecule has 2 N–H and O–H groups in total. The Kier molecular flexibility index (Phi) is 6.47. The second-order valence-electron chi connectivity index (χ2n) is 7.85. The number of likely N-dealkylation sites (tertiary alicyclic amines) is 2. The number of H-pyrrole nitrogens is 1. The summed E-state index contributed by atoms with van der Waals surface area (Å²) in [6, 6.07) is 5.98. The van der Waals surface area contributed by atoms with Crippen molar-refractivity contribution in [1.82, 2.24) is 19.4 Å². The maximum absolute atomic E-state index is 12.9. The van der Waals surface area contributed by atoms with Gasteiger partial charge < -0.3 is 19.6 Å². The van der Waals surface area contributed by atoms with Crippen LogP contribution in [0.15, 0.2) is 44.5 Å². The quantitative estimate of drug-likeness (QED) is 0.582. The lowest BCUT2D eigenvalue weighted by Gasteiger charge is -2.18. The van der Waals surface area contributed by atoms with Gasteiger partial charge in [0.1, 0.15) is 12.4 Å². The number of hydrogen-bond acceptors (Lipinski definition) is 6. The average Bonchev–Trinajstić information content (AvgIpc) is 3.36. The SMILES string of the molecule is O=C1CCCN1CCOc1ccc(C(=O)N2C[C@H](O)[C@@H](n3cc(Br)c(=O)[nH]c3=O)C2)cc1. The number of nitrogens with zero attached hydrogens (tertiary/aromatic N) is 3. The highest BCUT2D eigenvalue weighted by atomic mass is 79.9. The van der Waals surface area contributed by atoms with Gasteiger partial charge in [-0.1, -0.05) is 0 Å². The number of nitrogens with one attached hydrogen (secondary N) is 1. The Morgan fingerprint density at radius 2 is 1.94 bits per heavy atom. The third-order valence-corrected chi connectivity index (χ3v) is 6.30. The fourth-order valence-corrected chi connectivity index (χ4v) is 4.33. The van der Waals surface area contributed by atoms with E-state index >= 15 is 0 Å². The monoisotopic (exact) mass is 506 g/mol. The van der Waals surface area contributed by atoms with Gasteiger partial charge in [0.15, 0.2) is 0 Å². The van der Waals surface area contributed by atoms with Gasteiger partial charge in [-0.25, -0.2) is 4.79 Å². The Labute approximate surface area is 191 Å². The first-order valence-corrected chi connectivity index (χ1v) is 11.1. The highest BCUT2D eigenvalue weighted by molar-refractivity contribution is 9.10. The molecule has 0 radical (unpaired) electrons. The lowest BCUT2D eigenvalue weighted by Crippen LogP contribution is -2.36. The van der Waals surface area contributed by atoms with Gasteiger partial charge in [0, 0.05) is 37.8 Å². The van der Waals surface area contributed by atoms with Gasteiger partial charge in [-0.3, -0.25) is 23.9 Å². The number of aromatic nitrogens is 2. The van der Waals surface area contributed by atoms with Crippen LogP contribution in [0.1, 0.15) is 29.2 Å². The maximum atomic E-state index is 12.9. The van der Waals surface area contributed by atoms with E-state index in [1.165, 1.54) is 15.7 Å². The zero-order chi connectivity index (χ0) is 22.8. The van der Waals surface area contributed by atoms with Crippen LogP contribution in [0.25, 0.3) is 0 Å². The summed E-state index contributed by atoms with van der Waals surface area (Å²) in [5.74, 6) is 0.464. The Hall–Kier alpha value is -2.92. The summed E-state index contributed by atoms with van der Waals surface area (Å²) in [5, 5.41) is 10.4. The van der Waals surface area contributed by atoms with E-state index in [9.17, 15) is 24.3 Å². The number of amides is 2. The molecule has 1 aromatic heterocycles. The average molecular weight is 507 g/mol. The number of β-amino-alcohol motifs (C(OH)–C–C–N with tert-alkyl or cyclic N) is 1. The van der Waals surface area contributed by atoms with E-state index in [4.69, 9.17) is 4.74 Å². The van der Waals surface area contributed by atoms with Crippen molar-refractivity contribution in [3.8, 4) is 5.75 Å². The van der Waals surface area contributed by atoms with Gasteiger partial charge in [-0.05, 0) is 46.6 Å². The van der Waals surface area contributed by atoms with Crippen LogP contribution in [0.3, 0.4) is 0 Å². The van der Waals surface area contributed by atoms with E-state index in [-0.39, 0.29) is 29.4 Å². The van der Waals surface area contributed by atoms with Crippen molar-refractivity contribution >= 4 is 27.7 Å². The van der Waals surface area contributed by atoms with Crippen molar-refractivity contribution in [2.75, 3.05) is 32.8 Å². The van der Waals surface area contributed by atoms with Gasteiger partial charge in [-0.2, -0.15) is 0 Å². The third kappa shape index (κ3) is 4.63. The Morgan fingerprint density at radius 1 is 1.19 bits per heavy atom. The zero-order valence-corrected chi connectivity index (χ0v) is 18.8. The second-order valence-corrected chi connectivity index (χ2v) is 8.70. The summed E-state index contributed by atoms with van der Waals surface area (Å²) in [6.07, 6.45) is 1.85. The number of ether oxygens (including phenoxy) is 1. The largest absolute Gasteiger partial charge is 0.492 e. The molecule has 0 aliphatic carbocycles. The van der Waals surface area contributed by atoms with E-state index in [2.05, 4.69) is 20.9 Å². The first kappa shape index (κ1) is 22.3. The van der Waals surface area contributed by atoms with Crippen molar-refractivity contribution in [2.24, 2.45) is 0 Å². The number of aliphatic hydroxyl groups is 1. The molecule has 2 fully saturated rings. The van der Waals surface area contributed by atoms with Crippen LogP contribution in [0, 0.1) is 0 Å². The molecule has 3 heterocycles. The van der Waals surface area contributed by atoms with Crippen molar-refractivity contribution < 1.29 is 19.4 Å². The van der Waals surface area contributed by atoms with Gasteiger partial charge in [0.25, 0.3) is 11.5 Å². The van der Waals surface area contributed by atoms with Crippen LogP contribution in [0.4, 0.5) is 0 Å². The number of carbonyl (C=O) groups is 2. The first-order chi connectivity index (χ1) is 15.3. The smallest absolute Gasteiger partial charge is 0.328 e. The number of aliphatic hydroxyl groups excluding tert-OH is 1. The minimum atomic E-state index is -0.953. The third-order valence-electron chi connectivity index (χ3n) is 5.73. The summed E-state index contributed by atoms with van der Waals surface area (Å²) in [7, 11) is 0. The van der Waals surface area contributed by atoms with E-state index in [1.54, 1.807) is 29.2 Å². The number of rotatable bonds is 6. The molecule has 2 aliphatic heterocycles. The Bertz CT molecular complexity index is 1130. The Morgan fingerprint density at radius 3 is 2.62 bits per heavy atom. The predicted molar refractivity (Wildman–Crippen MR) is 118 cm³/mol. The van der Waals surface area contributed by atoms with Crippen molar-refractivity contribution in [1.29, 1.82) is 0 Å². The maximum Gasteiger partial charge on any atom is 0.328 e. The molecule has 10 nitrogen and oxygen atoms in total. The molecule has 11 heteroatoms. The van der Waals surface area contributed by atoms with Crippen LogP contribution in [0.2, 0.25) is 0 Å². The van der Waals surface area contributed by atoms with E-state index in [0.29, 0.717) is 30.9 Å². The molecular weight excluding hydrogens is 484 g/mol. The molecule has 2 atom stereocenters. The summed E-state index contributed by atoms with van der Waals surface area (Å²) >= 11 is 3.08. The van der Waals surface area contributed by atoms with Crippen molar-refractivity contribution in [3.63, 3.8) is 0 Å². The number of hydrogen-bond donors (Lipinski definition) is 2. The minimum absolute atomic E-state index is 0.0643. The summed E-state index contributed by atoms with van der Waals surface area (Å²) in [6.45, 7) is 1.87. The molecule has 0 unspecified atom stereocenters. The molecule has 2 aromatic rings. The highest BCUT2D eigenvalue weighted by Gasteiger charge is 2.36. The van der Waals surface area contributed by atoms with Crippen molar-refractivity contribution in [3.05, 3.63) is 61.3 Å². The highest BCUT2D eigenvalue weighted by Crippen LogP contribution is 2.24. The van der Waals surface area contributed by atoms with E-state index in [0.717, 1.165) is 13.0 Å². The molecule has 2 saturated heterocycles. The lowest BCUT2D eigenvalue weighted by molar-refractivity contribution is -0.128. The van der Waals surface area contributed by atoms with Gasteiger partial charge in [0.05, 0.1) is 23.2 Å². The van der Waals surface area contributed by atoms with Crippen LogP contribution >= 0.6 is 15.9 Å². The van der Waals surface area contributed by atoms with Crippen LogP contribution in [-0.2, 0) is 4.79 Å².